The number of allylic oxidation sites excluding steroid dienone is 2. The summed E-state index contributed by atoms with van der Waals surface area (Å²) in [5.74, 6) is -2.09. The van der Waals surface area contributed by atoms with Crippen molar-refractivity contribution in [2.24, 2.45) is 0 Å². The van der Waals surface area contributed by atoms with Crippen molar-refractivity contribution in [1.29, 1.82) is 0 Å². The fourth-order valence-electron chi connectivity index (χ4n) is 3.91. The summed E-state index contributed by atoms with van der Waals surface area (Å²) < 4.78 is 5.57. The lowest BCUT2D eigenvalue weighted by molar-refractivity contribution is 0.0689. The molecule has 0 fully saturated rings. The molecule has 2 aromatic carbocycles. The molecule has 172 valence electrons. The van der Waals surface area contributed by atoms with Crippen LogP contribution in [0.25, 0.3) is 0 Å². The molecule has 0 saturated carbocycles. The first kappa shape index (κ1) is 23.5. The highest BCUT2D eigenvalue weighted by atomic mass is 16.5. The number of benzene rings is 2. The van der Waals surface area contributed by atoms with Gasteiger partial charge in [-0.1, -0.05) is 17.7 Å². The Hall–Kier alpha value is -3.19. The molecule has 1 aliphatic heterocycles. The number of aromatic hydroxyl groups is 4. The number of hydrogen-bond donors (Lipinski definition) is 5. The van der Waals surface area contributed by atoms with E-state index in [-0.39, 0.29) is 41.6 Å². The summed E-state index contributed by atoms with van der Waals surface area (Å²) in [5, 5.41) is 50.7. The Labute approximate surface area is 187 Å². The fraction of sp³-hybridized carbons (Fsp3) is 0.400. The van der Waals surface area contributed by atoms with Gasteiger partial charge in [0.25, 0.3) is 0 Å². The second-order valence-electron chi connectivity index (χ2n) is 8.99. The lowest BCUT2D eigenvalue weighted by Gasteiger charge is -2.26. The molecule has 0 amide bonds. The fourth-order valence-corrected chi connectivity index (χ4v) is 3.91. The predicted molar refractivity (Wildman–Crippen MR) is 120 cm³/mol. The van der Waals surface area contributed by atoms with Crippen LogP contribution in [0.5, 0.6) is 28.7 Å². The quantitative estimate of drug-likeness (QED) is 0.405. The number of Topliss-reactive ketones (excluding diaryl/α,β-unsaturated/α-hetero) is 1. The van der Waals surface area contributed by atoms with E-state index in [0.29, 0.717) is 17.5 Å². The van der Waals surface area contributed by atoms with Crippen LogP contribution in [0.15, 0.2) is 35.9 Å². The van der Waals surface area contributed by atoms with Gasteiger partial charge in [0.1, 0.15) is 40.9 Å². The standard InChI is InChI=1S/C25H30O7/c1-14(5-4-10-25(2,3)31)6-7-17-19(27)9-8-16(23(17)29)18-13-32-21-12-15(26)11-20(28)22(21)24(18)30/h6,8-9,11-12,18,26-29,31H,4-5,7,10,13H2,1-3H3/b14-6+/t18-/m1/s1. The molecule has 7 nitrogen and oxygen atoms in total. The average molecular weight is 443 g/mol. The number of ketones is 1. The van der Waals surface area contributed by atoms with E-state index in [1.165, 1.54) is 18.2 Å². The van der Waals surface area contributed by atoms with Crippen molar-refractivity contribution in [1.82, 2.24) is 0 Å². The van der Waals surface area contributed by atoms with Gasteiger partial charge in [0.2, 0.25) is 0 Å². The second kappa shape index (κ2) is 9.12. The summed E-state index contributed by atoms with van der Waals surface area (Å²) in [6.07, 6.45) is 4.45. The zero-order chi connectivity index (χ0) is 23.6. The predicted octanol–water partition coefficient (Wildman–Crippen LogP) is 4.30. The van der Waals surface area contributed by atoms with E-state index in [4.69, 9.17) is 4.74 Å². The van der Waals surface area contributed by atoms with Crippen molar-refractivity contribution in [2.45, 2.75) is 58.0 Å². The van der Waals surface area contributed by atoms with E-state index in [2.05, 4.69) is 0 Å². The molecule has 0 bridgehead atoms. The Bertz CT molecular complexity index is 1050. The minimum atomic E-state index is -0.867. The third-order valence-electron chi connectivity index (χ3n) is 5.71. The number of carbonyl (C=O) groups excluding carboxylic acids is 1. The number of phenols is 4. The van der Waals surface area contributed by atoms with E-state index in [1.54, 1.807) is 13.8 Å². The van der Waals surface area contributed by atoms with E-state index in [0.717, 1.165) is 24.5 Å². The van der Waals surface area contributed by atoms with Crippen LogP contribution >= 0.6 is 0 Å². The molecule has 5 N–H and O–H groups in total. The molecule has 1 aliphatic rings. The number of hydrogen-bond acceptors (Lipinski definition) is 7. The Kier molecular flexibility index (Phi) is 6.69. The van der Waals surface area contributed by atoms with Crippen molar-refractivity contribution in [3.63, 3.8) is 0 Å². The molecule has 0 aromatic heterocycles. The van der Waals surface area contributed by atoms with Crippen LogP contribution in [-0.2, 0) is 6.42 Å². The summed E-state index contributed by atoms with van der Waals surface area (Å²) in [5.41, 5.74) is 0.905. The Balaban J connectivity index is 1.82. The maximum atomic E-state index is 13.0. The van der Waals surface area contributed by atoms with E-state index in [1.807, 2.05) is 13.0 Å². The van der Waals surface area contributed by atoms with Crippen LogP contribution in [-0.4, -0.2) is 43.5 Å². The molecule has 1 atom stereocenters. The molecular weight excluding hydrogens is 412 g/mol. The summed E-state index contributed by atoms with van der Waals surface area (Å²) in [4.78, 5) is 13.0. The molecule has 0 aliphatic carbocycles. The van der Waals surface area contributed by atoms with E-state index in [9.17, 15) is 30.3 Å². The minimum Gasteiger partial charge on any atom is -0.508 e. The van der Waals surface area contributed by atoms with Gasteiger partial charge in [-0.2, -0.15) is 0 Å². The number of ether oxygens (including phenoxy) is 1. The Morgan fingerprint density at radius 2 is 1.88 bits per heavy atom. The van der Waals surface area contributed by atoms with Gasteiger partial charge >= 0.3 is 0 Å². The third kappa shape index (κ3) is 5.16. The highest BCUT2D eigenvalue weighted by Gasteiger charge is 2.35. The van der Waals surface area contributed by atoms with Gasteiger partial charge in [-0.05, 0) is 52.5 Å². The van der Waals surface area contributed by atoms with Gasteiger partial charge in [-0.25, -0.2) is 0 Å². The lowest BCUT2D eigenvalue weighted by Crippen LogP contribution is -2.26. The monoisotopic (exact) mass is 442 g/mol. The van der Waals surface area contributed by atoms with Gasteiger partial charge in [0.05, 0.1) is 11.5 Å². The molecule has 2 aromatic rings. The van der Waals surface area contributed by atoms with Crippen molar-refractivity contribution >= 4 is 5.78 Å². The highest BCUT2D eigenvalue weighted by Crippen LogP contribution is 2.43. The van der Waals surface area contributed by atoms with Crippen molar-refractivity contribution < 1.29 is 35.1 Å². The molecule has 3 rings (SSSR count). The topological polar surface area (TPSA) is 127 Å². The Morgan fingerprint density at radius 3 is 2.56 bits per heavy atom. The summed E-state index contributed by atoms with van der Waals surface area (Å²) in [6.45, 7) is 5.42. The second-order valence-corrected chi connectivity index (χ2v) is 8.99. The molecule has 0 unspecified atom stereocenters. The van der Waals surface area contributed by atoms with Gasteiger partial charge < -0.3 is 30.3 Å². The number of carbonyl (C=O) groups is 1. The smallest absolute Gasteiger partial charge is 0.181 e. The average Bonchev–Trinajstić information content (AvgIpc) is 2.67. The number of rotatable bonds is 7. The normalized spacial score (nSPS) is 16.6. The van der Waals surface area contributed by atoms with E-state index < -0.39 is 23.1 Å². The van der Waals surface area contributed by atoms with Crippen LogP contribution in [0.4, 0.5) is 0 Å². The largest absolute Gasteiger partial charge is 0.508 e. The number of fused-ring (bicyclic) bond motifs is 1. The Morgan fingerprint density at radius 1 is 1.16 bits per heavy atom. The summed E-state index contributed by atoms with van der Waals surface area (Å²) in [6, 6.07) is 5.23. The molecule has 7 heteroatoms. The first-order valence-corrected chi connectivity index (χ1v) is 10.6. The van der Waals surface area contributed by atoms with Crippen molar-refractivity contribution in [2.75, 3.05) is 6.61 Å². The molecule has 32 heavy (non-hydrogen) atoms. The summed E-state index contributed by atoms with van der Waals surface area (Å²) >= 11 is 0. The lowest BCUT2D eigenvalue weighted by atomic mass is 9.86. The van der Waals surface area contributed by atoms with Crippen LogP contribution in [0.1, 0.15) is 67.4 Å². The maximum absolute atomic E-state index is 13.0. The minimum absolute atomic E-state index is 0.0457. The zero-order valence-electron chi connectivity index (χ0n) is 18.6. The molecule has 0 saturated heterocycles. The number of aliphatic hydroxyl groups is 1. The van der Waals surface area contributed by atoms with Gasteiger partial charge in [0.15, 0.2) is 5.78 Å². The molecule has 0 spiro atoms. The zero-order valence-corrected chi connectivity index (χ0v) is 18.6. The van der Waals surface area contributed by atoms with Gasteiger partial charge in [-0.15, -0.1) is 0 Å². The van der Waals surface area contributed by atoms with Crippen LogP contribution < -0.4 is 4.74 Å². The van der Waals surface area contributed by atoms with Crippen LogP contribution in [0.3, 0.4) is 0 Å². The molecule has 1 heterocycles. The number of phenolic OH excluding ortho intramolecular Hbond substituents is 4. The maximum Gasteiger partial charge on any atom is 0.181 e. The highest BCUT2D eigenvalue weighted by molar-refractivity contribution is 6.06. The SMILES string of the molecule is C/C(=C\Cc1c(O)ccc([C@H]2COc3cc(O)cc(O)c3C2=O)c1O)CCCC(C)(C)O. The third-order valence-corrected chi connectivity index (χ3v) is 5.71. The first-order valence-electron chi connectivity index (χ1n) is 10.6. The van der Waals surface area contributed by atoms with Gasteiger partial charge in [0, 0.05) is 23.3 Å². The first-order chi connectivity index (χ1) is 15.0. The molecular formula is C25H30O7. The summed E-state index contributed by atoms with van der Waals surface area (Å²) in [7, 11) is 0. The van der Waals surface area contributed by atoms with E-state index >= 15 is 0 Å². The van der Waals surface area contributed by atoms with Crippen molar-refractivity contribution in [3.8, 4) is 28.7 Å². The van der Waals surface area contributed by atoms with Crippen LogP contribution in [0, 0.1) is 0 Å². The van der Waals surface area contributed by atoms with Crippen molar-refractivity contribution in [3.05, 3.63) is 52.6 Å². The van der Waals surface area contributed by atoms with Gasteiger partial charge in [-0.3, -0.25) is 4.79 Å². The van der Waals surface area contributed by atoms with Crippen LogP contribution in [0.2, 0.25) is 0 Å². The molecule has 0 radical (unpaired) electrons.